The van der Waals surface area contributed by atoms with Crippen LogP contribution in [0, 0.1) is 0 Å². The molecule has 10 rings (SSSR count). The highest BCUT2D eigenvalue weighted by Gasteiger charge is 2.20. The zero-order chi connectivity index (χ0) is 32.3. The zero-order valence-electron chi connectivity index (χ0n) is 26.2. The molecule has 7 aromatic carbocycles. The lowest BCUT2D eigenvalue weighted by molar-refractivity contribution is 0.668. The molecular formula is C44H26N4O. The molecule has 0 saturated heterocycles. The van der Waals surface area contributed by atoms with Gasteiger partial charge in [-0.25, -0.2) is 15.0 Å². The highest BCUT2D eigenvalue weighted by molar-refractivity contribution is 6.18. The van der Waals surface area contributed by atoms with Crippen molar-refractivity contribution in [3.05, 3.63) is 158 Å². The molecule has 5 nitrogen and oxygen atoms in total. The van der Waals surface area contributed by atoms with Crippen LogP contribution in [0.4, 0.5) is 0 Å². The van der Waals surface area contributed by atoms with E-state index < -0.39 is 0 Å². The maximum absolute atomic E-state index is 6.48. The van der Waals surface area contributed by atoms with Gasteiger partial charge in [0.25, 0.3) is 0 Å². The summed E-state index contributed by atoms with van der Waals surface area (Å²) in [5, 5.41) is 8.23. The molecular weight excluding hydrogens is 601 g/mol. The lowest BCUT2D eigenvalue weighted by Gasteiger charge is -2.12. The molecule has 0 saturated carbocycles. The van der Waals surface area contributed by atoms with Crippen molar-refractivity contribution in [1.82, 2.24) is 19.9 Å². The number of hydrogen-bond donors (Lipinski definition) is 0. The van der Waals surface area contributed by atoms with Gasteiger partial charge in [0.05, 0.1) is 5.39 Å². The van der Waals surface area contributed by atoms with Crippen LogP contribution in [0.25, 0.3) is 99.7 Å². The van der Waals surface area contributed by atoms with Crippen LogP contribution >= 0.6 is 0 Å². The molecule has 0 fully saturated rings. The molecule has 0 atom stereocenters. The Morgan fingerprint density at radius 3 is 1.78 bits per heavy atom. The smallest absolute Gasteiger partial charge is 0.164 e. The topological polar surface area (TPSA) is 64.7 Å². The first-order valence-electron chi connectivity index (χ1n) is 16.3. The van der Waals surface area contributed by atoms with Crippen molar-refractivity contribution in [2.45, 2.75) is 0 Å². The van der Waals surface area contributed by atoms with Crippen LogP contribution < -0.4 is 0 Å². The fourth-order valence-corrected chi connectivity index (χ4v) is 6.99. The van der Waals surface area contributed by atoms with Crippen LogP contribution in [0.15, 0.2) is 162 Å². The van der Waals surface area contributed by atoms with E-state index in [9.17, 15) is 0 Å². The van der Waals surface area contributed by atoms with E-state index in [1.807, 2.05) is 72.8 Å². The maximum atomic E-state index is 6.48. The van der Waals surface area contributed by atoms with Gasteiger partial charge < -0.3 is 4.42 Å². The van der Waals surface area contributed by atoms with E-state index in [0.29, 0.717) is 23.1 Å². The minimum atomic E-state index is 0.561. The van der Waals surface area contributed by atoms with Gasteiger partial charge in [-0.05, 0) is 73.8 Å². The Labute approximate surface area is 281 Å². The second kappa shape index (κ2) is 10.9. The van der Waals surface area contributed by atoms with E-state index >= 15 is 0 Å². The van der Waals surface area contributed by atoms with E-state index in [2.05, 4.69) is 78.9 Å². The largest absolute Gasteiger partial charge is 0.454 e. The van der Waals surface area contributed by atoms with Crippen molar-refractivity contribution in [2.24, 2.45) is 0 Å². The highest BCUT2D eigenvalue weighted by Crippen LogP contribution is 2.40. The van der Waals surface area contributed by atoms with E-state index in [4.69, 9.17) is 24.4 Å². The normalized spacial score (nSPS) is 11.7. The van der Waals surface area contributed by atoms with Gasteiger partial charge in [-0.3, -0.25) is 4.98 Å². The van der Waals surface area contributed by atoms with Crippen molar-refractivity contribution in [2.75, 3.05) is 0 Å². The number of hydrogen-bond acceptors (Lipinski definition) is 5. The highest BCUT2D eigenvalue weighted by atomic mass is 16.3. The van der Waals surface area contributed by atoms with Crippen molar-refractivity contribution >= 4 is 54.4 Å². The molecule has 3 aromatic heterocycles. The van der Waals surface area contributed by atoms with Crippen LogP contribution in [0.5, 0.6) is 0 Å². The summed E-state index contributed by atoms with van der Waals surface area (Å²) in [5.41, 5.74) is 6.97. The monoisotopic (exact) mass is 626 g/mol. The number of furan rings is 1. The first-order chi connectivity index (χ1) is 24.3. The summed E-state index contributed by atoms with van der Waals surface area (Å²) < 4.78 is 6.48. The van der Waals surface area contributed by atoms with Crippen LogP contribution in [-0.4, -0.2) is 19.9 Å². The summed E-state index contributed by atoms with van der Waals surface area (Å²) in [6.45, 7) is 0. The van der Waals surface area contributed by atoms with Crippen molar-refractivity contribution in [3.63, 3.8) is 0 Å². The lowest BCUT2D eigenvalue weighted by atomic mass is 9.93. The molecule has 0 N–H and O–H groups in total. The molecule has 3 heterocycles. The molecule has 10 aromatic rings. The van der Waals surface area contributed by atoms with E-state index in [0.717, 1.165) is 44.3 Å². The molecule has 0 bridgehead atoms. The Morgan fingerprint density at radius 2 is 1.02 bits per heavy atom. The predicted octanol–water partition coefficient (Wildman–Crippen LogP) is 11.3. The quantitative estimate of drug-likeness (QED) is 0.182. The molecule has 0 amide bonds. The second-order valence-electron chi connectivity index (χ2n) is 12.3. The van der Waals surface area contributed by atoms with Gasteiger partial charge in [0.15, 0.2) is 23.1 Å². The van der Waals surface area contributed by atoms with E-state index in [1.54, 1.807) is 6.20 Å². The van der Waals surface area contributed by atoms with Crippen molar-refractivity contribution < 1.29 is 4.42 Å². The Hall–Kier alpha value is -6.72. The Morgan fingerprint density at radius 1 is 0.388 bits per heavy atom. The molecule has 0 unspecified atom stereocenters. The SMILES string of the molecule is c1ccc(-c2nc(-c3ccccc3)nc(-c3cc(-c4ccc5ccc6c7ccccc7ccc6c5c4)cc4oc5cccnc5c34)n2)cc1. The third kappa shape index (κ3) is 4.55. The standard InChI is InChI=1S/C44H26N4O/c1-3-11-29(12-4-1)42-46-43(30-13-5-2-6-14-30)48-44(47-42)37-25-32(26-39-40(37)41-38(49-39)16-9-23-45-41)31-18-17-28-20-21-34-33-15-8-7-10-27(33)19-22-35(34)36(28)24-31/h1-26H. The summed E-state index contributed by atoms with van der Waals surface area (Å²) in [6, 6.07) is 52.4. The molecule has 0 aliphatic carbocycles. The molecule has 0 aliphatic heterocycles. The number of pyridine rings is 1. The summed E-state index contributed by atoms with van der Waals surface area (Å²) in [7, 11) is 0. The summed E-state index contributed by atoms with van der Waals surface area (Å²) in [5.74, 6) is 1.77. The summed E-state index contributed by atoms with van der Waals surface area (Å²) in [6.07, 6.45) is 1.80. The number of rotatable bonds is 4. The van der Waals surface area contributed by atoms with E-state index in [1.165, 1.54) is 32.3 Å². The van der Waals surface area contributed by atoms with Gasteiger partial charge in [0, 0.05) is 22.9 Å². The zero-order valence-corrected chi connectivity index (χ0v) is 26.2. The van der Waals surface area contributed by atoms with E-state index in [-0.39, 0.29) is 0 Å². The maximum Gasteiger partial charge on any atom is 0.164 e. The van der Waals surface area contributed by atoms with Crippen LogP contribution in [0.3, 0.4) is 0 Å². The minimum absolute atomic E-state index is 0.561. The average molecular weight is 627 g/mol. The van der Waals surface area contributed by atoms with Crippen LogP contribution in [-0.2, 0) is 0 Å². The third-order valence-electron chi connectivity index (χ3n) is 9.35. The number of nitrogens with zero attached hydrogens (tertiary/aromatic N) is 4. The number of fused-ring (bicyclic) bond motifs is 8. The van der Waals surface area contributed by atoms with Gasteiger partial charge in [-0.2, -0.15) is 0 Å². The number of benzene rings is 7. The minimum Gasteiger partial charge on any atom is -0.454 e. The molecule has 0 spiro atoms. The first kappa shape index (κ1) is 27.4. The molecule has 5 heteroatoms. The second-order valence-corrected chi connectivity index (χ2v) is 12.3. The fourth-order valence-electron chi connectivity index (χ4n) is 6.99. The Bertz CT molecular complexity index is 2820. The number of aromatic nitrogens is 4. The van der Waals surface area contributed by atoms with Gasteiger partial charge in [-0.15, -0.1) is 0 Å². The average Bonchev–Trinajstić information content (AvgIpc) is 3.56. The lowest BCUT2D eigenvalue weighted by Crippen LogP contribution is -2.00. The Balaban J connectivity index is 1.25. The van der Waals surface area contributed by atoms with Gasteiger partial charge in [0.1, 0.15) is 11.1 Å². The first-order valence-corrected chi connectivity index (χ1v) is 16.3. The molecule has 228 valence electrons. The molecule has 0 aliphatic rings. The van der Waals surface area contributed by atoms with Crippen molar-refractivity contribution in [3.8, 4) is 45.3 Å². The Kier molecular flexibility index (Phi) is 6.11. The predicted molar refractivity (Wildman–Crippen MR) is 199 cm³/mol. The summed E-state index contributed by atoms with van der Waals surface area (Å²) >= 11 is 0. The molecule has 49 heavy (non-hydrogen) atoms. The van der Waals surface area contributed by atoms with Gasteiger partial charge in [-0.1, -0.05) is 121 Å². The molecule has 0 radical (unpaired) electrons. The van der Waals surface area contributed by atoms with Gasteiger partial charge in [0.2, 0.25) is 0 Å². The van der Waals surface area contributed by atoms with Crippen molar-refractivity contribution in [1.29, 1.82) is 0 Å². The fraction of sp³-hybridized carbons (Fsp3) is 0. The summed E-state index contributed by atoms with van der Waals surface area (Å²) in [4.78, 5) is 19.9. The van der Waals surface area contributed by atoms with Crippen LogP contribution in [0.1, 0.15) is 0 Å². The third-order valence-corrected chi connectivity index (χ3v) is 9.35. The van der Waals surface area contributed by atoms with Crippen LogP contribution in [0.2, 0.25) is 0 Å². The van der Waals surface area contributed by atoms with Gasteiger partial charge >= 0.3 is 0 Å².